The van der Waals surface area contributed by atoms with Gasteiger partial charge in [0.15, 0.2) is 11.8 Å². The molecule has 0 radical (unpaired) electrons. The molecule has 1 aromatic heterocycles. The molecular formula is C21H32N6. The highest BCUT2D eigenvalue weighted by Gasteiger charge is 2.22. The van der Waals surface area contributed by atoms with Crippen molar-refractivity contribution in [1.29, 1.82) is 0 Å². The molecule has 0 saturated carbocycles. The Morgan fingerprint density at radius 3 is 2.70 bits per heavy atom. The maximum Gasteiger partial charge on any atom is 0.191 e. The third-order valence-corrected chi connectivity index (χ3v) is 4.86. The lowest BCUT2D eigenvalue weighted by Crippen LogP contribution is -2.47. The summed E-state index contributed by atoms with van der Waals surface area (Å²) >= 11 is 0. The maximum atomic E-state index is 4.79. The van der Waals surface area contributed by atoms with Crippen LogP contribution >= 0.6 is 0 Å². The molecule has 0 amide bonds. The Morgan fingerprint density at radius 1 is 1.22 bits per heavy atom. The van der Waals surface area contributed by atoms with Gasteiger partial charge in [0.2, 0.25) is 0 Å². The third-order valence-electron chi connectivity index (χ3n) is 4.86. The fourth-order valence-corrected chi connectivity index (χ4v) is 3.65. The molecule has 1 atom stereocenters. The zero-order valence-electron chi connectivity index (χ0n) is 17.0. The van der Waals surface area contributed by atoms with Crippen LogP contribution in [0.1, 0.15) is 48.6 Å². The standard InChI is InChI=1S/C21H32N6/c1-5-19-25-20-8-7-18(14-27(20)26-19)24-21(22-6-2)23-10-9-17-12-15(3)11-16(4)13-17/h11-13,18H,5-10,14H2,1-4H3,(H2,22,23,24). The van der Waals surface area contributed by atoms with Gasteiger partial charge in [0.1, 0.15) is 5.82 Å². The molecule has 1 aromatic carbocycles. The summed E-state index contributed by atoms with van der Waals surface area (Å²) in [6.45, 7) is 11.0. The molecule has 1 unspecified atom stereocenters. The van der Waals surface area contributed by atoms with E-state index in [9.17, 15) is 0 Å². The molecule has 0 fully saturated rings. The molecule has 0 aliphatic carbocycles. The minimum absolute atomic E-state index is 0.336. The first-order valence-electron chi connectivity index (χ1n) is 10.1. The minimum atomic E-state index is 0.336. The maximum absolute atomic E-state index is 4.79. The Labute approximate surface area is 162 Å². The Morgan fingerprint density at radius 2 is 2.00 bits per heavy atom. The van der Waals surface area contributed by atoms with E-state index in [0.717, 1.165) is 62.9 Å². The van der Waals surface area contributed by atoms with Crippen LogP contribution in [0.4, 0.5) is 0 Å². The monoisotopic (exact) mass is 368 g/mol. The summed E-state index contributed by atoms with van der Waals surface area (Å²) in [5.74, 6) is 2.95. The van der Waals surface area contributed by atoms with Gasteiger partial charge in [0, 0.05) is 32.0 Å². The topological polar surface area (TPSA) is 67.1 Å². The van der Waals surface area contributed by atoms with Crippen molar-refractivity contribution >= 4 is 5.96 Å². The molecular weight excluding hydrogens is 336 g/mol. The van der Waals surface area contributed by atoms with Crippen LogP contribution in [0.15, 0.2) is 23.2 Å². The van der Waals surface area contributed by atoms with E-state index in [1.54, 1.807) is 0 Å². The molecule has 6 nitrogen and oxygen atoms in total. The molecule has 0 spiro atoms. The van der Waals surface area contributed by atoms with Crippen molar-refractivity contribution in [2.45, 2.75) is 66.0 Å². The number of hydrogen-bond acceptors (Lipinski definition) is 3. The number of nitrogens with one attached hydrogen (secondary N) is 2. The average molecular weight is 369 g/mol. The summed E-state index contributed by atoms with van der Waals surface area (Å²) in [5.41, 5.74) is 3.98. The summed E-state index contributed by atoms with van der Waals surface area (Å²) < 4.78 is 2.05. The van der Waals surface area contributed by atoms with Crippen molar-refractivity contribution in [2.75, 3.05) is 13.1 Å². The van der Waals surface area contributed by atoms with Crippen LogP contribution in [0.5, 0.6) is 0 Å². The lowest BCUT2D eigenvalue weighted by Gasteiger charge is -2.25. The number of fused-ring (bicyclic) bond motifs is 1. The van der Waals surface area contributed by atoms with E-state index in [2.05, 4.69) is 71.3 Å². The Hall–Kier alpha value is -2.37. The lowest BCUT2D eigenvalue weighted by molar-refractivity contribution is 0.392. The van der Waals surface area contributed by atoms with Gasteiger partial charge in [-0.3, -0.25) is 4.99 Å². The van der Waals surface area contributed by atoms with Crippen LogP contribution in [0.25, 0.3) is 0 Å². The second-order valence-corrected chi connectivity index (χ2v) is 7.37. The van der Waals surface area contributed by atoms with Crippen molar-refractivity contribution < 1.29 is 0 Å². The Balaban J connectivity index is 1.59. The van der Waals surface area contributed by atoms with E-state index in [1.165, 1.54) is 16.7 Å². The van der Waals surface area contributed by atoms with E-state index in [4.69, 9.17) is 4.99 Å². The SMILES string of the molecule is CCNC(=NCCc1cc(C)cc(C)c1)NC1CCc2nc(CC)nn2C1. The first kappa shape index (κ1) is 19.4. The number of aryl methyl sites for hydroxylation is 4. The molecule has 2 N–H and O–H groups in total. The van der Waals surface area contributed by atoms with E-state index in [1.807, 2.05) is 0 Å². The largest absolute Gasteiger partial charge is 0.357 e. The first-order chi connectivity index (χ1) is 13.1. The number of aromatic nitrogens is 3. The molecule has 0 bridgehead atoms. The number of benzene rings is 1. The molecule has 27 heavy (non-hydrogen) atoms. The summed E-state index contributed by atoms with van der Waals surface area (Å²) in [7, 11) is 0. The second-order valence-electron chi connectivity index (χ2n) is 7.37. The molecule has 1 aliphatic heterocycles. The molecule has 3 rings (SSSR count). The van der Waals surface area contributed by atoms with Gasteiger partial charge < -0.3 is 10.6 Å². The van der Waals surface area contributed by atoms with Crippen molar-refractivity contribution in [3.05, 3.63) is 46.5 Å². The average Bonchev–Trinajstić information content (AvgIpc) is 3.03. The van der Waals surface area contributed by atoms with E-state index in [-0.39, 0.29) is 0 Å². The lowest BCUT2D eigenvalue weighted by atomic mass is 10.1. The van der Waals surface area contributed by atoms with Crippen molar-refractivity contribution in [1.82, 2.24) is 25.4 Å². The van der Waals surface area contributed by atoms with Gasteiger partial charge in [-0.05, 0) is 39.2 Å². The number of hydrogen-bond donors (Lipinski definition) is 2. The van der Waals surface area contributed by atoms with Gasteiger partial charge in [0.25, 0.3) is 0 Å². The van der Waals surface area contributed by atoms with Crippen LogP contribution < -0.4 is 10.6 Å². The minimum Gasteiger partial charge on any atom is -0.357 e. The van der Waals surface area contributed by atoms with Crippen molar-refractivity contribution in [3.8, 4) is 0 Å². The Kier molecular flexibility index (Phi) is 6.48. The zero-order chi connectivity index (χ0) is 19.2. The molecule has 146 valence electrons. The summed E-state index contributed by atoms with van der Waals surface area (Å²) in [5, 5.41) is 11.6. The summed E-state index contributed by atoms with van der Waals surface area (Å²) in [6.07, 6.45) is 3.87. The Bertz CT molecular complexity index is 772. The number of guanidine groups is 1. The van der Waals surface area contributed by atoms with Gasteiger partial charge in [-0.15, -0.1) is 0 Å². The van der Waals surface area contributed by atoms with Crippen LogP contribution in [-0.4, -0.2) is 39.9 Å². The zero-order valence-corrected chi connectivity index (χ0v) is 17.0. The van der Waals surface area contributed by atoms with Crippen LogP contribution in [0.3, 0.4) is 0 Å². The van der Waals surface area contributed by atoms with Crippen LogP contribution in [0, 0.1) is 13.8 Å². The molecule has 6 heteroatoms. The second kappa shape index (κ2) is 9.02. The van der Waals surface area contributed by atoms with Gasteiger partial charge >= 0.3 is 0 Å². The normalized spacial score (nSPS) is 16.9. The summed E-state index contributed by atoms with van der Waals surface area (Å²) in [4.78, 5) is 9.38. The summed E-state index contributed by atoms with van der Waals surface area (Å²) in [6, 6.07) is 7.05. The molecule has 0 saturated heterocycles. The molecule has 2 aromatic rings. The van der Waals surface area contributed by atoms with Gasteiger partial charge in [-0.1, -0.05) is 36.2 Å². The number of aliphatic imine (C=N–C) groups is 1. The smallest absolute Gasteiger partial charge is 0.191 e. The van der Waals surface area contributed by atoms with Crippen LogP contribution in [-0.2, 0) is 25.8 Å². The number of nitrogens with zero attached hydrogens (tertiary/aromatic N) is 4. The van der Waals surface area contributed by atoms with Crippen LogP contribution in [0.2, 0.25) is 0 Å². The van der Waals surface area contributed by atoms with Crippen molar-refractivity contribution in [2.24, 2.45) is 4.99 Å². The number of rotatable bonds is 6. The quantitative estimate of drug-likeness (QED) is 0.607. The third kappa shape index (κ3) is 5.31. The predicted octanol–water partition coefficient (Wildman–Crippen LogP) is 2.57. The van der Waals surface area contributed by atoms with Crippen molar-refractivity contribution in [3.63, 3.8) is 0 Å². The van der Waals surface area contributed by atoms with E-state index in [0.29, 0.717) is 6.04 Å². The first-order valence-corrected chi connectivity index (χ1v) is 10.1. The van der Waals surface area contributed by atoms with Gasteiger partial charge in [-0.2, -0.15) is 5.10 Å². The fourth-order valence-electron chi connectivity index (χ4n) is 3.65. The van der Waals surface area contributed by atoms with Gasteiger partial charge in [0.05, 0.1) is 6.54 Å². The predicted molar refractivity (Wildman–Crippen MR) is 110 cm³/mol. The highest BCUT2D eigenvalue weighted by atomic mass is 15.4. The van der Waals surface area contributed by atoms with E-state index < -0.39 is 0 Å². The van der Waals surface area contributed by atoms with E-state index >= 15 is 0 Å². The highest BCUT2D eigenvalue weighted by molar-refractivity contribution is 5.80. The highest BCUT2D eigenvalue weighted by Crippen LogP contribution is 2.13. The molecule has 1 aliphatic rings. The fraction of sp³-hybridized carbons (Fsp3) is 0.571. The van der Waals surface area contributed by atoms with Gasteiger partial charge in [-0.25, -0.2) is 9.67 Å². The molecule has 2 heterocycles.